The minimum Gasteiger partial charge on any atom is -0.479 e. The first-order valence-corrected chi connectivity index (χ1v) is 9.55. The fourth-order valence-corrected chi connectivity index (χ4v) is 3.50. The summed E-state index contributed by atoms with van der Waals surface area (Å²) in [5.74, 6) is 0.257. The highest BCUT2D eigenvalue weighted by Gasteiger charge is 2.31. The first kappa shape index (κ1) is 18.8. The number of hydrogen-bond donors (Lipinski definition) is 2. The molecule has 4 rings (SSSR count). The molecule has 2 N–H and O–H groups in total. The largest absolute Gasteiger partial charge is 0.479 e. The fourth-order valence-electron chi connectivity index (χ4n) is 3.50. The van der Waals surface area contributed by atoms with Crippen molar-refractivity contribution in [3.63, 3.8) is 0 Å². The van der Waals surface area contributed by atoms with E-state index in [0.717, 1.165) is 5.69 Å². The van der Waals surface area contributed by atoms with Crippen molar-refractivity contribution >= 4 is 34.9 Å². The van der Waals surface area contributed by atoms with Crippen LogP contribution in [0.5, 0.6) is 5.75 Å². The van der Waals surface area contributed by atoms with Crippen LogP contribution in [0.3, 0.4) is 0 Å². The lowest BCUT2D eigenvalue weighted by Gasteiger charge is -2.32. The number of carbonyl (C=O) groups is 3. The molecule has 8 heteroatoms. The van der Waals surface area contributed by atoms with Gasteiger partial charge in [0, 0.05) is 37.4 Å². The summed E-state index contributed by atoms with van der Waals surface area (Å²) < 4.78 is 5.62. The van der Waals surface area contributed by atoms with Gasteiger partial charge in [0.15, 0.2) is 6.10 Å². The van der Waals surface area contributed by atoms with Crippen molar-refractivity contribution in [2.75, 3.05) is 34.8 Å². The zero-order valence-electron chi connectivity index (χ0n) is 16.1. The number of ether oxygens (including phenoxy) is 1. The Morgan fingerprint density at radius 2 is 2.03 bits per heavy atom. The smallest absolute Gasteiger partial charge is 0.321 e. The van der Waals surface area contributed by atoms with E-state index in [1.165, 1.54) is 0 Å². The Balaban J connectivity index is 1.41. The number of carbonyl (C=O) groups excluding carboxylic acids is 3. The molecule has 2 aromatic rings. The third kappa shape index (κ3) is 3.87. The Kier molecular flexibility index (Phi) is 5.07. The van der Waals surface area contributed by atoms with Crippen LogP contribution in [0.25, 0.3) is 0 Å². The van der Waals surface area contributed by atoms with Gasteiger partial charge in [0.2, 0.25) is 5.91 Å². The summed E-state index contributed by atoms with van der Waals surface area (Å²) >= 11 is 0. The van der Waals surface area contributed by atoms with Crippen LogP contribution in [0.1, 0.15) is 13.3 Å². The van der Waals surface area contributed by atoms with Gasteiger partial charge in [-0.25, -0.2) is 4.79 Å². The molecule has 2 aliphatic heterocycles. The van der Waals surface area contributed by atoms with Gasteiger partial charge in [0.1, 0.15) is 5.75 Å². The van der Waals surface area contributed by atoms with E-state index in [4.69, 9.17) is 4.74 Å². The lowest BCUT2D eigenvalue weighted by molar-refractivity contribution is -0.125. The zero-order chi connectivity index (χ0) is 20.4. The first-order chi connectivity index (χ1) is 14.0. The molecule has 29 heavy (non-hydrogen) atoms. The molecule has 0 spiro atoms. The molecule has 0 saturated carbocycles. The minimum atomic E-state index is -0.587. The molecule has 4 amide bonds. The van der Waals surface area contributed by atoms with E-state index in [9.17, 15) is 14.4 Å². The summed E-state index contributed by atoms with van der Waals surface area (Å²) in [6.07, 6.45) is -0.447. The summed E-state index contributed by atoms with van der Waals surface area (Å²) in [7, 11) is 0. The number of anilines is 3. The number of nitrogens with one attached hydrogen (secondary N) is 2. The molecule has 0 aliphatic carbocycles. The quantitative estimate of drug-likeness (QED) is 0.815. The molecular formula is C21H22N4O4. The van der Waals surface area contributed by atoms with Crippen molar-refractivity contribution in [1.82, 2.24) is 5.32 Å². The van der Waals surface area contributed by atoms with E-state index in [2.05, 4.69) is 10.6 Å². The molecule has 2 aliphatic rings. The standard InChI is InChI=1S/C21H22N4O4/c1-14-20(27)25(17-7-2-3-8-18(17)29-14)11-9-19(26)23-15-5-4-6-16(13-15)24-12-10-22-21(24)28/h2-8,13-14H,9-12H2,1H3,(H,22,28)(H,23,26). The van der Waals surface area contributed by atoms with Crippen LogP contribution in [0, 0.1) is 0 Å². The zero-order valence-corrected chi connectivity index (χ0v) is 16.1. The number of hydrogen-bond acceptors (Lipinski definition) is 4. The summed E-state index contributed by atoms with van der Waals surface area (Å²) in [5, 5.41) is 5.60. The highest BCUT2D eigenvalue weighted by molar-refractivity contribution is 6.01. The maximum Gasteiger partial charge on any atom is 0.321 e. The number of urea groups is 1. The van der Waals surface area contributed by atoms with Gasteiger partial charge < -0.3 is 20.3 Å². The minimum absolute atomic E-state index is 0.140. The monoisotopic (exact) mass is 394 g/mol. The fraction of sp³-hybridized carbons (Fsp3) is 0.286. The van der Waals surface area contributed by atoms with Gasteiger partial charge >= 0.3 is 6.03 Å². The van der Waals surface area contributed by atoms with Gasteiger partial charge in [-0.2, -0.15) is 0 Å². The molecule has 0 aromatic heterocycles. The summed E-state index contributed by atoms with van der Waals surface area (Å²) in [6.45, 7) is 3.14. The Labute approximate surface area is 168 Å². The van der Waals surface area contributed by atoms with Crippen LogP contribution < -0.4 is 25.2 Å². The topological polar surface area (TPSA) is 91.0 Å². The van der Waals surface area contributed by atoms with Gasteiger partial charge in [0.25, 0.3) is 5.91 Å². The van der Waals surface area contributed by atoms with E-state index < -0.39 is 6.10 Å². The van der Waals surface area contributed by atoms with Crippen LogP contribution in [-0.4, -0.2) is 43.6 Å². The van der Waals surface area contributed by atoms with Gasteiger partial charge in [-0.15, -0.1) is 0 Å². The second-order valence-corrected chi connectivity index (χ2v) is 6.95. The highest BCUT2D eigenvalue weighted by Crippen LogP contribution is 2.33. The maximum absolute atomic E-state index is 12.5. The van der Waals surface area contributed by atoms with Gasteiger partial charge in [-0.1, -0.05) is 18.2 Å². The molecular weight excluding hydrogens is 372 g/mol. The molecule has 0 radical (unpaired) electrons. The summed E-state index contributed by atoms with van der Waals surface area (Å²) in [4.78, 5) is 40.0. The number of benzene rings is 2. The lowest BCUT2D eigenvalue weighted by Crippen LogP contribution is -2.45. The Bertz CT molecular complexity index is 961. The SMILES string of the molecule is CC1Oc2ccccc2N(CCC(=O)Nc2cccc(N3CCNC3=O)c2)C1=O. The van der Waals surface area contributed by atoms with E-state index in [-0.39, 0.29) is 30.8 Å². The highest BCUT2D eigenvalue weighted by atomic mass is 16.5. The molecule has 1 atom stereocenters. The predicted molar refractivity (Wildman–Crippen MR) is 109 cm³/mol. The predicted octanol–water partition coefficient (Wildman–Crippen LogP) is 2.36. The van der Waals surface area contributed by atoms with Crippen LogP contribution >= 0.6 is 0 Å². The van der Waals surface area contributed by atoms with Crippen molar-refractivity contribution in [3.8, 4) is 5.75 Å². The van der Waals surface area contributed by atoms with E-state index in [1.807, 2.05) is 30.3 Å². The van der Waals surface area contributed by atoms with Gasteiger partial charge in [-0.3, -0.25) is 14.5 Å². The normalized spacial score (nSPS) is 18.2. The van der Waals surface area contributed by atoms with E-state index in [0.29, 0.717) is 30.2 Å². The molecule has 0 bridgehead atoms. The van der Waals surface area contributed by atoms with Crippen molar-refractivity contribution < 1.29 is 19.1 Å². The summed E-state index contributed by atoms with van der Waals surface area (Å²) in [5.41, 5.74) is 2.00. The Hall–Kier alpha value is -3.55. The molecule has 1 fully saturated rings. The van der Waals surface area contributed by atoms with Crippen molar-refractivity contribution in [2.45, 2.75) is 19.4 Å². The maximum atomic E-state index is 12.5. The van der Waals surface area contributed by atoms with Crippen molar-refractivity contribution in [2.24, 2.45) is 0 Å². The third-order valence-corrected chi connectivity index (χ3v) is 4.93. The van der Waals surface area contributed by atoms with Gasteiger partial charge in [-0.05, 0) is 37.3 Å². The second kappa shape index (κ2) is 7.83. The number of para-hydroxylation sites is 2. The molecule has 150 valence electrons. The Morgan fingerprint density at radius 3 is 2.83 bits per heavy atom. The molecule has 2 heterocycles. The lowest BCUT2D eigenvalue weighted by atomic mass is 10.1. The second-order valence-electron chi connectivity index (χ2n) is 6.95. The van der Waals surface area contributed by atoms with Crippen LogP contribution in [0.4, 0.5) is 21.9 Å². The number of nitrogens with zero attached hydrogens (tertiary/aromatic N) is 2. The van der Waals surface area contributed by atoms with Gasteiger partial charge in [0.05, 0.1) is 5.69 Å². The van der Waals surface area contributed by atoms with Crippen LogP contribution in [0.2, 0.25) is 0 Å². The molecule has 1 saturated heterocycles. The third-order valence-electron chi connectivity index (χ3n) is 4.93. The van der Waals surface area contributed by atoms with Crippen LogP contribution in [-0.2, 0) is 9.59 Å². The number of amides is 4. The first-order valence-electron chi connectivity index (χ1n) is 9.55. The Morgan fingerprint density at radius 1 is 1.21 bits per heavy atom. The molecule has 1 unspecified atom stereocenters. The van der Waals surface area contributed by atoms with Crippen LogP contribution in [0.15, 0.2) is 48.5 Å². The average Bonchev–Trinajstić information content (AvgIpc) is 3.14. The average molecular weight is 394 g/mol. The molecule has 2 aromatic carbocycles. The number of fused-ring (bicyclic) bond motifs is 1. The number of rotatable bonds is 5. The van der Waals surface area contributed by atoms with E-state index >= 15 is 0 Å². The van der Waals surface area contributed by atoms with Crippen molar-refractivity contribution in [3.05, 3.63) is 48.5 Å². The molecule has 8 nitrogen and oxygen atoms in total. The van der Waals surface area contributed by atoms with E-state index in [1.54, 1.807) is 34.9 Å². The van der Waals surface area contributed by atoms with Crippen molar-refractivity contribution in [1.29, 1.82) is 0 Å². The summed E-state index contributed by atoms with van der Waals surface area (Å²) in [6, 6.07) is 14.3.